The van der Waals surface area contributed by atoms with Crippen LogP contribution in [0.25, 0.3) is 0 Å². The maximum absolute atomic E-state index is 12.5. The largest absolute Gasteiger partial charge is 0.495 e. The summed E-state index contributed by atoms with van der Waals surface area (Å²) in [5.41, 5.74) is 1.17. The zero-order valence-electron chi connectivity index (χ0n) is 16.8. The second-order valence-electron chi connectivity index (χ2n) is 7.03. The molecule has 3 aromatic rings. The number of ether oxygens (including phenoxy) is 2. The Balaban J connectivity index is 1.41. The minimum Gasteiger partial charge on any atom is -0.495 e. The van der Waals surface area contributed by atoms with Crippen LogP contribution < -0.4 is 20.3 Å². The molecule has 1 aliphatic carbocycles. The van der Waals surface area contributed by atoms with E-state index in [-0.39, 0.29) is 5.56 Å². The molecule has 1 saturated carbocycles. The van der Waals surface area contributed by atoms with Crippen molar-refractivity contribution in [1.29, 1.82) is 0 Å². The van der Waals surface area contributed by atoms with Gasteiger partial charge in [-0.1, -0.05) is 11.3 Å². The molecule has 9 nitrogen and oxygen atoms in total. The van der Waals surface area contributed by atoms with Crippen LogP contribution in [-0.2, 0) is 13.6 Å². The lowest BCUT2D eigenvalue weighted by molar-refractivity contribution is 0.276. The van der Waals surface area contributed by atoms with E-state index in [1.165, 1.54) is 16.0 Å². The fourth-order valence-corrected chi connectivity index (χ4v) is 4.27. The van der Waals surface area contributed by atoms with E-state index >= 15 is 0 Å². The molecule has 0 radical (unpaired) electrons. The first-order valence-corrected chi connectivity index (χ1v) is 11.0. The first-order valence-electron chi connectivity index (χ1n) is 9.38. The van der Waals surface area contributed by atoms with Crippen LogP contribution in [0.4, 0.5) is 5.69 Å². The topological polar surface area (TPSA) is 104 Å². The molecule has 0 aliphatic heterocycles. The first kappa shape index (κ1) is 20.7. The minimum absolute atomic E-state index is 0.248. The van der Waals surface area contributed by atoms with Gasteiger partial charge in [-0.2, -0.15) is 0 Å². The van der Waals surface area contributed by atoms with Crippen LogP contribution in [0.2, 0.25) is 0 Å². The summed E-state index contributed by atoms with van der Waals surface area (Å²) in [5, 5.41) is 17.1. The first-order chi connectivity index (χ1) is 14.5. The lowest BCUT2D eigenvalue weighted by Gasteiger charge is -2.13. The number of nitrogens with zero attached hydrogens (tertiary/aromatic N) is 5. The molecule has 2 atom stereocenters. The Morgan fingerprint density at radius 3 is 2.87 bits per heavy atom. The number of anilines is 1. The van der Waals surface area contributed by atoms with Gasteiger partial charge in [-0.3, -0.25) is 9.78 Å². The predicted molar refractivity (Wildman–Crippen MR) is 116 cm³/mol. The fourth-order valence-electron chi connectivity index (χ4n) is 3.12. The molecule has 3 heterocycles. The second kappa shape index (κ2) is 8.68. The summed E-state index contributed by atoms with van der Waals surface area (Å²) in [6.07, 6.45) is 2.73. The molecular formula is C19H21BrN6O3S. The molecule has 11 heteroatoms. The molecule has 4 rings (SSSR count). The third kappa shape index (κ3) is 4.46. The fraction of sp³-hybridized carbons (Fsp3) is 0.421. The number of pyridine rings is 1. The van der Waals surface area contributed by atoms with Crippen LogP contribution in [0.1, 0.15) is 28.0 Å². The molecule has 1 aliphatic rings. The molecule has 2 unspecified atom stereocenters. The Bertz CT molecular complexity index is 1100. The van der Waals surface area contributed by atoms with E-state index in [1.807, 2.05) is 19.1 Å². The Morgan fingerprint density at radius 2 is 2.20 bits per heavy atom. The van der Waals surface area contributed by atoms with Crippen molar-refractivity contribution >= 4 is 33.0 Å². The molecule has 1 fully saturated rings. The average Bonchev–Trinajstić information content (AvgIpc) is 3.41. The molecular weight excluding hydrogens is 472 g/mol. The summed E-state index contributed by atoms with van der Waals surface area (Å²) in [6.45, 7) is 2.79. The van der Waals surface area contributed by atoms with Crippen LogP contribution in [0, 0.1) is 12.8 Å². The van der Waals surface area contributed by atoms with E-state index in [2.05, 4.69) is 41.5 Å². The van der Waals surface area contributed by atoms with Gasteiger partial charge in [0, 0.05) is 24.6 Å². The zero-order valence-corrected chi connectivity index (χ0v) is 19.2. The van der Waals surface area contributed by atoms with Gasteiger partial charge >= 0.3 is 0 Å². The second-order valence-corrected chi connectivity index (χ2v) is 9.09. The quantitative estimate of drug-likeness (QED) is 0.511. The molecule has 0 aromatic carbocycles. The molecule has 1 N–H and O–H groups in total. The van der Waals surface area contributed by atoms with Gasteiger partial charge in [-0.15, -0.1) is 15.3 Å². The van der Waals surface area contributed by atoms with Gasteiger partial charge in [0.15, 0.2) is 0 Å². The van der Waals surface area contributed by atoms with E-state index in [9.17, 15) is 4.79 Å². The zero-order chi connectivity index (χ0) is 21.3. The summed E-state index contributed by atoms with van der Waals surface area (Å²) < 4.78 is 12.9. The van der Waals surface area contributed by atoms with Crippen molar-refractivity contribution in [2.24, 2.45) is 13.0 Å². The SMILES string of the molecule is COc1ccc(C2CC2COc2nn(C)c(=O)c(NCc3nnc(C)s3)c2Br)nc1. The van der Waals surface area contributed by atoms with Crippen molar-refractivity contribution in [3.8, 4) is 11.6 Å². The summed E-state index contributed by atoms with van der Waals surface area (Å²) in [5.74, 6) is 1.84. The van der Waals surface area contributed by atoms with Gasteiger partial charge in [0.05, 0.1) is 26.5 Å². The monoisotopic (exact) mass is 492 g/mol. The highest BCUT2D eigenvalue weighted by Crippen LogP contribution is 2.47. The van der Waals surface area contributed by atoms with Crippen LogP contribution in [0.5, 0.6) is 11.6 Å². The van der Waals surface area contributed by atoms with E-state index in [1.54, 1.807) is 20.4 Å². The van der Waals surface area contributed by atoms with Crippen molar-refractivity contribution in [1.82, 2.24) is 25.0 Å². The van der Waals surface area contributed by atoms with Crippen LogP contribution in [-0.4, -0.2) is 38.7 Å². The number of rotatable bonds is 8. The van der Waals surface area contributed by atoms with Gasteiger partial charge in [0.25, 0.3) is 5.56 Å². The van der Waals surface area contributed by atoms with Crippen molar-refractivity contribution in [3.05, 3.63) is 48.9 Å². The van der Waals surface area contributed by atoms with E-state index in [4.69, 9.17) is 9.47 Å². The Morgan fingerprint density at radius 1 is 1.37 bits per heavy atom. The third-order valence-corrected chi connectivity index (χ3v) is 6.45. The molecule has 0 spiro atoms. The Kier molecular flexibility index (Phi) is 6.00. The van der Waals surface area contributed by atoms with Crippen LogP contribution in [0.15, 0.2) is 27.6 Å². The number of aryl methyl sites for hydroxylation is 2. The normalized spacial score (nSPS) is 17.6. The van der Waals surface area contributed by atoms with Crippen LogP contribution in [0.3, 0.4) is 0 Å². The maximum atomic E-state index is 12.5. The van der Waals surface area contributed by atoms with E-state index in [0.717, 1.165) is 27.9 Å². The third-order valence-electron chi connectivity index (χ3n) is 4.87. The van der Waals surface area contributed by atoms with Crippen LogP contribution >= 0.6 is 27.3 Å². The van der Waals surface area contributed by atoms with Crippen molar-refractivity contribution < 1.29 is 9.47 Å². The molecule has 0 bridgehead atoms. The van der Waals surface area contributed by atoms with E-state index in [0.29, 0.717) is 41.0 Å². The van der Waals surface area contributed by atoms with Crippen molar-refractivity contribution in [3.63, 3.8) is 0 Å². The Labute approximate surface area is 185 Å². The highest BCUT2D eigenvalue weighted by Gasteiger charge is 2.40. The minimum atomic E-state index is -0.248. The lowest BCUT2D eigenvalue weighted by Crippen LogP contribution is -2.25. The number of methoxy groups -OCH3 is 1. The molecule has 0 amide bonds. The van der Waals surface area contributed by atoms with Crippen molar-refractivity contribution in [2.45, 2.75) is 25.8 Å². The standard InChI is InChI=1S/C19H21BrN6O3S/c1-10-23-24-15(30-10)8-22-17-16(20)18(25-26(2)19(17)27)29-9-11-6-13(11)14-5-4-12(28-3)7-21-14/h4-5,7,11,13,22H,6,8-9H2,1-3H3. The van der Waals surface area contributed by atoms with E-state index < -0.39 is 0 Å². The maximum Gasteiger partial charge on any atom is 0.291 e. The molecule has 0 saturated heterocycles. The number of aromatic nitrogens is 5. The summed E-state index contributed by atoms with van der Waals surface area (Å²) in [4.78, 5) is 17.0. The van der Waals surface area contributed by atoms with Gasteiger partial charge in [-0.05, 0) is 41.4 Å². The molecule has 3 aromatic heterocycles. The smallest absolute Gasteiger partial charge is 0.291 e. The van der Waals surface area contributed by atoms with Gasteiger partial charge < -0.3 is 14.8 Å². The average molecular weight is 493 g/mol. The number of nitrogens with one attached hydrogen (secondary N) is 1. The molecule has 30 heavy (non-hydrogen) atoms. The molecule has 158 valence electrons. The lowest BCUT2D eigenvalue weighted by atomic mass is 10.2. The van der Waals surface area contributed by atoms with Gasteiger partial charge in [0.1, 0.15) is 25.9 Å². The summed E-state index contributed by atoms with van der Waals surface area (Å²) >= 11 is 4.95. The highest BCUT2D eigenvalue weighted by molar-refractivity contribution is 9.10. The summed E-state index contributed by atoms with van der Waals surface area (Å²) in [6, 6.07) is 3.90. The number of hydrogen-bond donors (Lipinski definition) is 1. The van der Waals surface area contributed by atoms with Gasteiger partial charge in [0.2, 0.25) is 5.88 Å². The number of hydrogen-bond acceptors (Lipinski definition) is 9. The summed E-state index contributed by atoms with van der Waals surface area (Å²) in [7, 11) is 3.23. The predicted octanol–water partition coefficient (Wildman–Crippen LogP) is 2.90. The highest BCUT2D eigenvalue weighted by atomic mass is 79.9. The number of halogens is 1. The Hall–Kier alpha value is -2.53. The van der Waals surface area contributed by atoms with Crippen molar-refractivity contribution in [2.75, 3.05) is 19.0 Å². The van der Waals surface area contributed by atoms with Gasteiger partial charge in [-0.25, -0.2) is 4.68 Å².